The van der Waals surface area contributed by atoms with Crippen LogP contribution in [0.5, 0.6) is 0 Å². The molecule has 1 atom stereocenters. The van der Waals surface area contributed by atoms with Crippen LogP contribution >= 0.6 is 43.2 Å². The third-order valence-corrected chi connectivity index (χ3v) is 5.32. The lowest BCUT2D eigenvalue weighted by Crippen LogP contribution is -2.37. The van der Waals surface area contributed by atoms with Gasteiger partial charge in [0.2, 0.25) is 0 Å². The van der Waals surface area contributed by atoms with Gasteiger partial charge in [-0.15, -0.1) is 11.3 Å². The van der Waals surface area contributed by atoms with E-state index in [-0.39, 0.29) is 11.9 Å². The van der Waals surface area contributed by atoms with E-state index in [1.165, 1.54) is 11.3 Å². The lowest BCUT2D eigenvalue weighted by atomic mass is 10.2. The molecule has 1 N–H and O–H groups in total. The maximum absolute atomic E-state index is 11.9. The van der Waals surface area contributed by atoms with E-state index in [2.05, 4.69) is 37.2 Å². The molecule has 0 bridgehead atoms. The Morgan fingerprint density at radius 3 is 2.75 bits per heavy atom. The Bertz CT molecular complexity index is 348. The van der Waals surface area contributed by atoms with Crippen LogP contribution in [0.3, 0.4) is 0 Å². The summed E-state index contributed by atoms with van der Waals surface area (Å²) in [6, 6.07) is 1.88. The van der Waals surface area contributed by atoms with Gasteiger partial charge in [-0.2, -0.15) is 0 Å². The summed E-state index contributed by atoms with van der Waals surface area (Å²) in [7, 11) is 1.63. The van der Waals surface area contributed by atoms with Gasteiger partial charge in [-0.3, -0.25) is 4.79 Å². The highest BCUT2D eigenvalue weighted by Crippen LogP contribution is 2.32. The third-order valence-electron chi connectivity index (χ3n) is 2.06. The first-order valence-electron chi connectivity index (χ1n) is 4.83. The summed E-state index contributed by atoms with van der Waals surface area (Å²) in [6.07, 6.45) is 0.854. The first-order valence-corrected chi connectivity index (χ1v) is 7.23. The fourth-order valence-electron chi connectivity index (χ4n) is 1.18. The van der Waals surface area contributed by atoms with Crippen molar-refractivity contribution in [3.63, 3.8) is 0 Å². The van der Waals surface area contributed by atoms with Gasteiger partial charge in [0, 0.05) is 11.6 Å². The van der Waals surface area contributed by atoms with E-state index in [4.69, 9.17) is 4.74 Å². The monoisotopic (exact) mass is 369 g/mol. The van der Waals surface area contributed by atoms with Crippen molar-refractivity contribution < 1.29 is 9.53 Å². The summed E-state index contributed by atoms with van der Waals surface area (Å²) in [5, 5.41) is 2.93. The molecule has 0 aliphatic heterocycles. The number of hydrogen-bond donors (Lipinski definition) is 1. The molecular formula is C10H13Br2NO2S. The zero-order chi connectivity index (χ0) is 12.1. The molecule has 0 aliphatic carbocycles. The number of thiophene rings is 1. The van der Waals surface area contributed by atoms with Crippen molar-refractivity contribution >= 4 is 49.1 Å². The lowest BCUT2D eigenvalue weighted by Gasteiger charge is -2.14. The highest BCUT2D eigenvalue weighted by atomic mass is 79.9. The standard InChI is InChI=1S/C10H13Br2NO2S/c1-3-6(5-15-2)13-10(14)8-4-7(11)9(12)16-8/h4,6H,3,5H2,1-2H3,(H,13,14). The van der Waals surface area contributed by atoms with Crippen molar-refractivity contribution in [1.82, 2.24) is 5.32 Å². The molecule has 1 heterocycles. The second-order valence-corrected chi connectivity index (χ2v) is 6.49. The molecule has 3 nitrogen and oxygen atoms in total. The van der Waals surface area contributed by atoms with Gasteiger partial charge in [0.1, 0.15) is 0 Å². The number of carbonyl (C=O) groups is 1. The minimum absolute atomic E-state index is 0.0553. The number of halogens is 2. The maximum Gasteiger partial charge on any atom is 0.261 e. The van der Waals surface area contributed by atoms with Crippen LogP contribution in [0.2, 0.25) is 0 Å². The number of ether oxygens (including phenoxy) is 1. The molecule has 0 spiro atoms. The Hall–Kier alpha value is 0.0900. The number of amides is 1. The molecule has 90 valence electrons. The van der Waals surface area contributed by atoms with Gasteiger partial charge in [0.15, 0.2) is 0 Å². The average molecular weight is 371 g/mol. The van der Waals surface area contributed by atoms with Crippen LogP contribution in [0.1, 0.15) is 23.0 Å². The molecule has 0 saturated carbocycles. The Kier molecular flexibility index (Phi) is 5.96. The molecule has 0 fully saturated rings. The molecule has 0 aliphatic rings. The molecule has 0 radical (unpaired) electrons. The Morgan fingerprint density at radius 2 is 2.31 bits per heavy atom. The number of methoxy groups -OCH3 is 1. The largest absolute Gasteiger partial charge is 0.383 e. The summed E-state index contributed by atoms with van der Waals surface area (Å²) in [5.41, 5.74) is 0. The van der Waals surface area contributed by atoms with Crippen LogP contribution in [0.25, 0.3) is 0 Å². The molecule has 0 aromatic carbocycles. The normalized spacial score (nSPS) is 12.5. The molecular weight excluding hydrogens is 358 g/mol. The minimum Gasteiger partial charge on any atom is -0.383 e. The van der Waals surface area contributed by atoms with Crippen molar-refractivity contribution in [2.75, 3.05) is 13.7 Å². The van der Waals surface area contributed by atoms with Crippen LogP contribution in [0, 0.1) is 0 Å². The summed E-state index contributed by atoms with van der Waals surface area (Å²) < 4.78 is 6.86. The Labute approximate surface area is 116 Å². The van der Waals surface area contributed by atoms with Gasteiger partial charge in [0.25, 0.3) is 5.91 Å². The van der Waals surface area contributed by atoms with E-state index in [1.807, 2.05) is 13.0 Å². The van der Waals surface area contributed by atoms with E-state index >= 15 is 0 Å². The predicted molar refractivity (Wildman–Crippen MR) is 73.1 cm³/mol. The van der Waals surface area contributed by atoms with Gasteiger partial charge in [-0.1, -0.05) is 6.92 Å². The number of carbonyl (C=O) groups excluding carboxylic acids is 1. The van der Waals surface area contributed by atoms with E-state index in [0.29, 0.717) is 11.5 Å². The van der Waals surface area contributed by atoms with Gasteiger partial charge >= 0.3 is 0 Å². The number of hydrogen-bond acceptors (Lipinski definition) is 3. The first-order chi connectivity index (χ1) is 7.58. The van der Waals surface area contributed by atoms with Crippen molar-refractivity contribution in [2.45, 2.75) is 19.4 Å². The fraction of sp³-hybridized carbons (Fsp3) is 0.500. The highest BCUT2D eigenvalue weighted by Gasteiger charge is 2.15. The molecule has 16 heavy (non-hydrogen) atoms. The van der Waals surface area contributed by atoms with E-state index in [1.54, 1.807) is 7.11 Å². The van der Waals surface area contributed by atoms with Crippen LogP contribution in [0.15, 0.2) is 14.3 Å². The second-order valence-electron chi connectivity index (χ2n) is 3.27. The zero-order valence-corrected chi connectivity index (χ0v) is 13.0. The molecule has 1 amide bonds. The van der Waals surface area contributed by atoms with Crippen LogP contribution in [-0.4, -0.2) is 25.7 Å². The van der Waals surface area contributed by atoms with E-state index in [0.717, 1.165) is 14.7 Å². The zero-order valence-electron chi connectivity index (χ0n) is 9.05. The molecule has 1 unspecified atom stereocenters. The second kappa shape index (κ2) is 6.74. The Morgan fingerprint density at radius 1 is 1.62 bits per heavy atom. The average Bonchev–Trinajstić information content (AvgIpc) is 2.58. The SMILES string of the molecule is CCC(COC)NC(=O)c1cc(Br)c(Br)s1. The van der Waals surface area contributed by atoms with Crippen molar-refractivity contribution in [2.24, 2.45) is 0 Å². The maximum atomic E-state index is 11.9. The molecule has 6 heteroatoms. The number of rotatable bonds is 5. The molecule has 1 rings (SSSR count). The minimum atomic E-state index is -0.0553. The van der Waals surface area contributed by atoms with Crippen LogP contribution < -0.4 is 5.32 Å². The van der Waals surface area contributed by atoms with E-state index < -0.39 is 0 Å². The van der Waals surface area contributed by atoms with Crippen LogP contribution in [-0.2, 0) is 4.74 Å². The molecule has 0 saturated heterocycles. The van der Waals surface area contributed by atoms with Crippen LogP contribution in [0.4, 0.5) is 0 Å². The summed E-state index contributed by atoms with van der Waals surface area (Å²) >= 11 is 8.13. The van der Waals surface area contributed by atoms with Gasteiger partial charge in [-0.25, -0.2) is 0 Å². The lowest BCUT2D eigenvalue weighted by molar-refractivity contribution is 0.0898. The van der Waals surface area contributed by atoms with Gasteiger partial charge in [-0.05, 0) is 44.3 Å². The molecule has 1 aromatic heterocycles. The smallest absolute Gasteiger partial charge is 0.261 e. The van der Waals surface area contributed by atoms with Crippen molar-refractivity contribution in [1.29, 1.82) is 0 Å². The van der Waals surface area contributed by atoms with Crippen molar-refractivity contribution in [3.8, 4) is 0 Å². The summed E-state index contributed by atoms with van der Waals surface area (Å²) in [4.78, 5) is 12.5. The number of nitrogens with one attached hydrogen (secondary N) is 1. The molecule has 1 aromatic rings. The topological polar surface area (TPSA) is 38.3 Å². The van der Waals surface area contributed by atoms with E-state index in [9.17, 15) is 4.79 Å². The van der Waals surface area contributed by atoms with Gasteiger partial charge in [0.05, 0.1) is 21.3 Å². The predicted octanol–water partition coefficient (Wildman–Crippen LogP) is 3.43. The third kappa shape index (κ3) is 3.84. The van der Waals surface area contributed by atoms with Gasteiger partial charge < -0.3 is 10.1 Å². The van der Waals surface area contributed by atoms with Crippen molar-refractivity contribution in [3.05, 3.63) is 19.2 Å². The summed E-state index contributed by atoms with van der Waals surface area (Å²) in [6.45, 7) is 2.56. The Balaban J connectivity index is 2.64. The fourth-order valence-corrected chi connectivity index (χ4v) is 3.12. The summed E-state index contributed by atoms with van der Waals surface area (Å²) in [5.74, 6) is -0.0553. The quantitative estimate of drug-likeness (QED) is 0.862. The first kappa shape index (κ1) is 14.2. The highest BCUT2D eigenvalue weighted by molar-refractivity contribution is 9.13.